The molecule has 0 saturated carbocycles. The molecule has 42 heavy (non-hydrogen) atoms. The smallest absolute Gasteiger partial charge is 0.271 e. The van der Waals surface area contributed by atoms with E-state index in [1.54, 1.807) is 0 Å². The van der Waals surface area contributed by atoms with Crippen molar-refractivity contribution in [2.24, 2.45) is 0 Å². The summed E-state index contributed by atoms with van der Waals surface area (Å²) in [6.07, 6.45) is 3.94. The van der Waals surface area contributed by atoms with Gasteiger partial charge in [0.25, 0.3) is 5.91 Å². The second kappa shape index (κ2) is 11.5. The molecule has 0 N–H and O–H groups in total. The molecule has 4 heterocycles. The first-order valence-corrected chi connectivity index (χ1v) is 18.5. The summed E-state index contributed by atoms with van der Waals surface area (Å²) in [4.78, 5) is 20.5. The number of benzene rings is 2. The molecule has 9 heteroatoms. The van der Waals surface area contributed by atoms with Crippen molar-refractivity contribution >= 4 is 36.6 Å². The van der Waals surface area contributed by atoms with Gasteiger partial charge in [0, 0.05) is 61.7 Å². The van der Waals surface area contributed by atoms with Gasteiger partial charge in [-0.05, 0) is 48.4 Å². The minimum absolute atomic E-state index is 0.00138. The molecule has 0 aliphatic carbocycles. The first kappa shape index (κ1) is 28.4. The van der Waals surface area contributed by atoms with Gasteiger partial charge < -0.3 is 14.2 Å². The molecule has 0 spiro atoms. The first-order chi connectivity index (χ1) is 20.2. The Morgan fingerprint density at radius 2 is 1.79 bits per heavy atom. The van der Waals surface area contributed by atoms with Crippen LogP contribution in [0.4, 0.5) is 0 Å². The zero-order valence-electron chi connectivity index (χ0n) is 24.5. The molecule has 2 aromatic carbocycles. The predicted octanol–water partition coefficient (Wildman–Crippen LogP) is 7.75. The van der Waals surface area contributed by atoms with Gasteiger partial charge in [-0.3, -0.25) is 4.79 Å². The van der Waals surface area contributed by atoms with E-state index in [0.717, 1.165) is 45.0 Å². The Kier molecular flexibility index (Phi) is 7.78. The third kappa shape index (κ3) is 5.79. The minimum Gasteiger partial charge on any atom is -0.359 e. The van der Waals surface area contributed by atoms with Gasteiger partial charge in [0.1, 0.15) is 18.1 Å². The van der Waals surface area contributed by atoms with Gasteiger partial charge in [-0.15, -0.1) is 0 Å². The molecule has 1 atom stereocenters. The lowest BCUT2D eigenvalue weighted by molar-refractivity contribution is 0.0632. The van der Waals surface area contributed by atoms with E-state index in [0.29, 0.717) is 37.1 Å². The van der Waals surface area contributed by atoms with E-state index in [4.69, 9.17) is 26.4 Å². The van der Waals surface area contributed by atoms with Crippen molar-refractivity contribution in [2.45, 2.75) is 51.9 Å². The largest absolute Gasteiger partial charge is 0.359 e. The van der Waals surface area contributed by atoms with Crippen molar-refractivity contribution in [1.82, 2.24) is 24.2 Å². The van der Waals surface area contributed by atoms with E-state index < -0.39 is 8.07 Å². The standard InChI is InChI=1S/C33H36ClN5O2Si/c1-23(25-11-8-12-28(34)17-25)38-14-13-37-21-27(19-30(37)33(38)40)31-29-18-26(24-9-6-5-7-10-24)20-35-32(29)39(36-31)22-41-15-16-42(2,3)4/h5-12,17-21,23H,13-16,22H2,1-4H3. The van der Waals surface area contributed by atoms with Gasteiger partial charge in [0.15, 0.2) is 5.65 Å². The number of fused-ring (bicyclic) bond motifs is 2. The fourth-order valence-electron chi connectivity index (χ4n) is 5.46. The van der Waals surface area contributed by atoms with E-state index >= 15 is 0 Å². The van der Waals surface area contributed by atoms with Crippen molar-refractivity contribution in [2.75, 3.05) is 13.2 Å². The van der Waals surface area contributed by atoms with Crippen LogP contribution in [0.1, 0.15) is 29.0 Å². The molecule has 1 unspecified atom stereocenters. The average Bonchev–Trinajstić information content (AvgIpc) is 3.57. The maximum atomic E-state index is 13.7. The summed E-state index contributed by atoms with van der Waals surface area (Å²) in [5, 5.41) is 6.60. The maximum absolute atomic E-state index is 13.7. The highest BCUT2D eigenvalue weighted by Gasteiger charge is 2.30. The van der Waals surface area contributed by atoms with Gasteiger partial charge >= 0.3 is 0 Å². The minimum atomic E-state index is -1.21. The Morgan fingerprint density at radius 1 is 0.976 bits per heavy atom. The lowest BCUT2D eigenvalue weighted by Crippen LogP contribution is -2.41. The van der Waals surface area contributed by atoms with Crippen LogP contribution in [0.15, 0.2) is 79.1 Å². The lowest BCUT2D eigenvalue weighted by Gasteiger charge is -2.33. The zero-order chi connectivity index (χ0) is 29.4. The van der Waals surface area contributed by atoms with E-state index in [9.17, 15) is 4.79 Å². The van der Waals surface area contributed by atoms with Gasteiger partial charge in [-0.25, -0.2) is 9.67 Å². The summed E-state index contributed by atoms with van der Waals surface area (Å²) >= 11 is 6.25. The highest BCUT2D eigenvalue weighted by molar-refractivity contribution is 6.76. The molecule has 0 radical (unpaired) electrons. The first-order valence-electron chi connectivity index (χ1n) is 14.4. The van der Waals surface area contributed by atoms with E-state index in [2.05, 4.69) is 44.8 Å². The monoisotopic (exact) mass is 597 g/mol. The Bertz CT molecular complexity index is 1740. The van der Waals surface area contributed by atoms with Crippen LogP contribution in [0.2, 0.25) is 30.7 Å². The maximum Gasteiger partial charge on any atom is 0.271 e. The van der Waals surface area contributed by atoms with Crippen LogP contribution in [0.25, 0.3) is 33.4 Å². The number of hydrogen-bond donors (Lipinski definition) is 0. The second-order valence-electron chi connectivity index (χ2n) is 12.2. The molecule has 3 aromatic heterocycles. The molecule has 0 fully saturated rings. The number of pyridine rings is 1. The highest BCUT2D eigenvalue weighted by Crippen LogP contribution is 2.34. The van der Waals surface area contributed by atoms with Gasteiger partial charge in [0.2, 0.25) is 0 Å². The molecule has 0 saturated heterocycles. The number of carbonyl (C=O) groups excluding carboxylic acids is 1. The van der Waals surface area contributed by atoms with Gasteiger partial charge in [-0.2, -0.15) is 5.10 Å². The normalized spacial score (nSPS) is 14.4. The zero-order valence-corrected chi connectivity index (χ0v) is 26.3. The summed E-state index contributed by atoms with van der Waals surface area (Å²) in [5.74, 6) is 0.00138. The third-order valence-electron chi connectivity index (χ3n) is 7.93. The van der Waals surface area contributed by atoms with E-state index in [-0.39, 0.29) is 11.9 Å². The number of hydrogen-bond acceptors (Lipinski definition) is 4. The SMILES string of the molecule is CC(c1cccc(Cl)c1)N1CCn2cc(-c3nn(COCC[Si](C)(C)C)c4ncc(-c5ccccc5)cc34)cc2C1=O. The van der Waals surface area contributed by atoms with Crippen LogP contribution in [0, 0.1) is 0 Å². The third-order valence-corrected chi connectivity index (χ3v) is 9.87. The van der Waals surface area contributed by atoms with Crippen molar-refractivity contribution in [3.05, 3.63) is 95.4 Å². The molecule has 1 aliphatic heterocycles. The fourth-order valence-corrected chi connectivity index (χ4v) is 6.42. The van der Waals surface area contributed by atoms with Crippen molar-refractivity contribution < 1.29 is 9.53 Å². The Morgan fingerprint density at radius 3 is 2.55 bits per heavy atom. The van der Waals surface area contributed by atoms with Crippen LogP contribution in [0.5, 0.6) is 0 Å². The van der Waals surface area contributed by atoms with Crippen molar-refractivity contribution in [3.63, 3.8) is 0 Å². The second-order valence-corrected chi connectivity index (χ2v) is 18.3. The summed E-state index contributed by atoms with van der Waals surface area (Å²) in [6, 6.07) is 23.1. The summed E-state index contributed by atoms with van der Waals surface area (Å²) in [7, 11) is -1.21. The van der Waals surface area contributed by atoms with E-state index in [1.807, 2.05) is 75.1 Å². The van der Waals surface area contributed by atoms with Crippen LogP contribution in [0.3, 0.4) is 0 Å². The van der Waals surface area contributed by atoms with Gasteiger partial charge in [-0.1, -0.05) is 73.7 Å². The lowest BCUT2D eigenvalue weighted by atomic mass is 10.0. The summed E-state index contributed by atoms with van der Waals surface area (Å²) in [6.45, 7) is 11.4. The number of aromatic nitrogens is 4. The number of ether oxygens (including phenoxy) is 1. The topological polar surface area (TPSA) is 65.2 Å². The van der Waals surface area contributed by atoms with E-state index in [1.165, 1.54) is 0 Å². The van der Waals surface area contributed by atoms with Crippen molar-refractivity contribution in [1.29, 1.82) is 0 Å². The van der Waals surface area contributed by atoms with Crippen molar-refractivity contribution in [3.8, 4) is 22.4 Å². The van der Waals surface area contributed by atoms with Gasteiger partial charge in [0.05, 0.1) is 6.04 Å². The number of nitrogens with zero attached hydrogens (tertiary/aromatic N) is 5. The molecular formula is C33H36ClN5O2Si. The van der Waals surface area contributed by atoms with Crippen LogP contribution in [-0.2, 0) is 18.0 Å². The number of rotatable bonds is 9. The predicted molar refractivity (Wildman–Crippen MR) is 171 cm³/mol. The van der Waals surface area contributed by atoms with Crippen LogP contribution in [-0.4, -0.2) is 51.4 Å². The Balaban J connectivity index is 1.35. The quantitative estimate of drug-likeness (QED) is 0.129. The fraction of sp³-hybridized carbons (Fsp3) is 0.303. The highest BCUT2D eigenvalue weighted by atomic mass is 35.5. The number of carbonyl (C=O) groups is 1. The Labute approximate surface area is 252 Å². The average molecular weight is 598 g/mol. The molecule has 0 bridgehead atoms. The number of halogens is 1. The van der Waals surface area contributed by atoms with Crippen LogP contribution < -0.4 is 0 Å². The molecule has 5 aromatic rings. The molecule has 1 aliphatic rings. The summed E-state index contributed by atoms with van der Waals surface area (Å²) < 4.78 is 9.96. The molecular weight excluding hydrogens is 562 g/mol. The number of amides is 1. The van der Waals surface area contributed by atoms with Crippen LogP contribution >= 0.6 is 11.6 Å². The molecule has 216 valence electrons. The summed E-state index contributed by atoms with van der Waals surface area (Å²) in [5.41, 5.74) is 6.26. The molecule has 7 nitrogen and oxygen atoms in total. The Hall–Kier alpha value is -3.72. The molecule has 6 rings (SSSR count). The molecule has 1 amide bonds.